The molecule has 72 valence electrons. The molecule has 0 amide bonds. The van der Waals surface area contributed by atoms with Gasteiger partial charge in [-0.15, -0.1) is 0 Å². The third-order valence-corrected chi connectivity index (χ3v) is 2.25. The Morgan fingerprint density at radius 3 is 2.54 bits per heavy atom. The molecule has 1 aromatic rings. The first-order valence-corrected chi connectivity index (χ1v) is 4.37. The molecule has 1 aromatic carbocycles. The van der Waals surface area contributed by atoms with E-state index in [0.717, 1.165) is 0 Å². The molecule has 2 unspecified atom stereocenters. The molecule has 0 bridgehead atoms. The summed E-state index contributed by atoms with van der Waals surface area (Å²) in [4.78, 5) is 0. The van der Waals surface area contributed by atoms with Crippen LogP contribution in [-0.4, -0.2) is 6.54 Å². The van der Waals surface area contributed by atoms with E-state index in [1.807, 2.05) is 6.92 Å². The van der Waals surface area contributed by atoms with Crippen molar-refractivity contribution < 1.29 is 4.39 Å². The first kappa shape index (κ1) is 10.2. The van der Waals surface area contributed by atoms with E-state index in [9.17, 15) is 4.39 Å². The Kier molecular flexibility index (Phi) is 3.39. The fourth-order valence-electron chi connectivity index (χ4n) is 1.20. The van der Waals surface area contributed by atoms with Crippen LogP contribution in [0.4, 0.5) is 4.39 Å². The number of benzene rings is 1. The number of hydrogen-bond donors (Lipinski definition) is 2. The maximum Gasteiger partial charge on any atom is 0.127 e. The van der Waals surface area contributed by atoms with Crippen LogP contribution in [-0.2, 0) is 0 Å². The lowest BCUT2D eigenvalue weighted by molar-refractivity contribution is 0.460. The highest BCUT2D eigenvalue weighted by Gasteiger charge is 2.16. The van der Waals surface area contributed by atoms with Crippen molar-refractivity contribution in [3.8, 4) is 0 Å². The van der Waals surface area contributed by atoms with E-state index in [1.165, 1.54) is 6.07 Å². The second-order valence-corrected chi connectivity index (χ2v) is 3.26. The summed E-state index contributed by atoms with van der Waals surface area (Å²) in [5.74, 6) is -0.160. The lowest BCUT2D eigenvalue weighted by atomic mass is 9.95. The molecular weight excluding hydrogens is 167 g/mol. The number of nitrogens with two attached hydrogens (primary N) is 2. The summed E-state index contributed by atoms with van der Waals surface area (Å²) in [5, 5.41) is 0. The minimum absolute atomic E-state index is 0.0944. The van der Waals surface area contributed by atoms with Gasteiger partial charge in [0.15, 0.2) is 0 Å². The maximum atomic E-state index is 13.2. The Balaban J connectivity index is 2.88. The van der Waals surface area contributed by atoms with Gasteiger partial charge >= 0.3 is 0 Å². The molecule has 0 saturated carbocycles. The summed E-state index contributed by atoms with van der Waals surface area (Å²) >= 11 is 0. The summed E-state index contributed by atoms with van der Waals surface area (Å²) in [5.41, 5.74) is 11.8. The first-order chi connectivity index (χ1) is 6.16. The fourth-order valence-corrected chi connectivity index (χ4v) is 1.20. The SMILES string of the molecule is CC(CN)C(N)c1ccccc1F. The molecule has 0 aliphatic rings. The number of halogens is 1. The van der Waals surface area contributed by atoms with E-state index < -0.39 is 0 Å². The molecule has 0 heterocycles. The lowest BCUT2D eigenvalue weighted by Gasteiger charge is -2.18. The summed E-state index contributed by atoms with van der Waals surface area (Å²) in [7, 11) is 0. The number of rotatable bonds is 3. The molecular formula is C10H15FN2. The van der Waals surface area contributed by atoms with Crippen LogP contribution >= 0.6 is 0 Å². The molecule has 0 radical (unpaired) electrons. The molecule has 3 heteroatoms. The minimum Gasteiger partial charge on any atom is -0.330 e. The molecule has 0 fully saturated rings. The second kappa shape index (κ2) is 4.35. The van der Waals surface area contributed by atoms with Gasteiger partial charge in [0, 0.05) is 11.6 Å². The van der Waals surface area contributed by atoms with Crippen LogP contribution in [0.2, 0.25) is 0 Å². The minimum atomic E-state index is -0.314. The van der Waals surface area contributed by atoms with Crippen LogP contribution in [0.25, 0.3) is 0 Å². The van der Waals surface area contributed by atoms with Crippen LogP contribution in [0.1, 0.15) is 18.5 Å². The predicted octanol–water partition coefficient (Wildman–Crippen LogP) is 1.42. The van der Waals surface area contributed by atoms with E-state index in [1.54, 1.807) is 18.2 Å². The Morgan fingerprint density at radius 2 is 2.00 bits per heavy atom. The molecule has 13 heavy (non-hydrogen) atoms. The van der Waals surface area contributed by atoms with Crippen LogP contribution in [0.3, 0.4) is 0 Å². The van der Waals surface area contributed by atoms with Gasteiger partial charge in [0.2, 0.25) is 0 Å². The maximum absolute atomic E-state index is 13.2. The van der Waals surface area contributed by atoms with E-state index >= 15 is 0 Å². The average molecular weight is 182 g/mol. The molecule has 0 spiro atoms. The summed E-state index contributed by atoms with van der Waals surface area (Å²) in [6.45, 7) is 2.38. The zero-order valence-corrected chi connectivity index (χ0v) is 7.70. The van der Waals surface area contributed by atoms with Gasteiger partial charge in [0.05, 0.1) is 0 Å². The largest absolute Gasteiger partial charge is 0.330 e. The normalized spacial score (nSPS) is 15.4. The lowest BCUT2D eigenvalue weighted by Crippen LogP contribution is -2.26. The average Bonchev–Trinajstić information content (AvgIpc) is 2.16. The van der Waals surface area contributed by atoms with Gasteiger partial charge in [0.1, 0.15) is 5.82 Å². The van der Waals surface area contributed by atoms with Crippen molar-refractivity contribution in [3.63, 3.8) is 0 Å². The molecule has 0 aliphatic carbocycles. The molecule has 0 aromatic heterocycles. The van der Waals surface area contributed by atoms with E-state index in [0.29, 0.717) is 12.1 Å². The fraction of sp³-hybridized carbons (Fsp3) is 0.400. The molecule has 2 nitrogen and oxygen atoms in total. The van der Waals surface area contributed by atoms with Gasteiger partial charge in [-0.3, -0.25) is 0 Å². The highest BCUT2D eigenvalue weighted by atomic mass is 19.1. The second-order valence-electron chi connectivity index (χ2n) is 3.26. The molecule has 1 rings (SSSR count). The van der Waals surface area contributed by atoms with Gasteiger partial charge in [-0.05, 0) is 18.5 Å². The van der Waals surface area contributed by atoms with Crippen molar-refractivity contribution in [2.75, 3.05) is 6.54 Å². The van der Waals surface area contributed by atoms with Crippen molar-refractivity contribution in [1.82, 2.24) is 0 Å². The zero-order valence-electron chi connectivity index (χ0n) is 7.70. The van der Waals surface area contributed by atoms with Gasteiger partial charge in [-0.2, -0.15) is 0 Å². The van der Waals surface area contributed by atoms with Crippen LogP contribution < -0.4 is 11.5 Å². The standard InChI is InChI=1S/C10H15FN2/c1-7(6-12)10(13)8-4-2-3-5-9(8)11/h2-5,7,10H,6,12-13H2,1H3. The quantitative estimate of drug-likeness (QED) is 0.742. The molecule has 0 aliphatic heterocycles. The third kappa shape index (κ3) is 2.26. The molecule has 0 saturated heterocycles. The first-order valence-electron chi connectivity index (χ1n) is 4.37. The topological polar surface area (TPSA) is 52.0 Å². The van der Waals surface area contributed by atoms with Crippen molar-refractivity contribution in [3.05, 3.63) is 35.6 Å². The Bertz CT molecular complexity index is 275. The van der Waals surface area contributed by atoms with Gasteiger partial charge in [0.25, 0.3) is 0 Å². The van der Waals surface area contributed by atoms with E-state index in [2.05, 4.69) is 0 Å². The predicted molar refractivity (Wildman–Crippen MR) is 51.5 cm³/mol. The van der Waals surface area contributed by atoms with Crippen molar-refractivity contribution >= 4 is 0 Å². The van der Waals surface area contributed by atoms with Crippen LogP contribution in [0.5, 0.6) is 0 Å². The van der Waals surface area contributed by atoms with Gasteiger partial charge in [-0.25, -0.2) is 4.39 Å². The highest BCUT2D eigenvalue weighted by Crippen LogP contribution is 2.20. The molecule has 2 atom stereocenters. The monoisotopic (exact) mass is 182 g/mol. The van der Waals surface area contributed by atoms with Crippen LogP contribution in [0.15, 0.2) is 24.3 Å². The van der Waals surface area contributed by atoms with Gasteiger partial charge < -0.3 is 11.5 Å². The summed E-state index contributed by atoms with van der Waals surface area (Å²) < 4.78 is 13.2. The Morgan fingerprint density at radius 1 is 1.38 bits per heavy atom. The van der Waals surface area contributed by atoms with Crippen molar-refractivity contribution in [1.29, 1.82) is 0 Å². The van der Waals surface area contributed by atoms with E-state index in [4.69, 9.17) is 11.5 Å². The molecule has 4 N–H and O–H groups in total. The van der Waals surface area contributed by atoms with E-state index in [-0.39, 0.29) is 17.8 Å². The summed E-state index contributed by atoms with van der Waals surface area (Å²) in [6.07, 6.45) is 0. The van der Waals surface area contributed by atoms with Crippen molar-refractivity contribution in [2.45, 2.75) is 13.0 Å². The Hall–Kier alpha value is -0.930. The van der Waals surface area contributed by atoms with Crippen molar-refractivity contribution in [2.24, 2.45) is 17.4 Å². The zero-order chi connectivity index (χ0) is 9.84. The summed E-state index contributed by atoms with van der Waals surface area (Å²) in [6, 6.07) is 6.23. The third-order valence-electron chi connectivity index (χ3n) is 2.25. The number of hydrogen-bond acceptors (Lipinski definition) is 2. The Labute approximate surface area is 77.7 Å². The highest BCUT2D eigenvalue weighted by molar-refractivity contribution is 5.21. The smallest absolute Gasteiger partial charge is 0.127 e. The van der Waals surface area contributed by atoms with Gasteiger partial charge in [-0.1, -0.05) is 25.1 Å². The van der Waals surface area contributed by atoms with Crippen LogP contribution in [0, 0.1) is 11.7 Å².